The summed E-state index contributed by atoms with van der Waals surface area (Å²) >= 11 is 1.60. The van der Waals surface area contributed by atoms with Crippen molar-refractivity contribution in [1.29, 1.82) is 0 Å². The van der Waals surface area contributed by atoms with Crippen LogP contribution in [-0.2, 0) is 0 Å². The lowest BCUT2D eigenvalue weighted by atomic mass is 10.2. The molecule has 3 aromatic rings. The van der Waals surface area contributed by atoms with Crippen molar-refractivity contribution in [3.05, 3.63) is 59.5 Å². The number of carbonyl (C=O) groups is 1. The van der Waals surface area contributed by atoms with Gasteiger partial charge in [0.15, 0.2) is 5.78 Å². The Labute approximate surface area is 164 Å². The Kier molecular flexibility index (Phi) is 5.41. The molecule has 0 unspecified atom stereocenters. The van der Waals surface area contributed by atoms with Crippen molar-refractivity contribution >= 4 is 32.9 Å². The Bertz CT molecular complexity index is 896. The molecule has 0 amide bonds. The first-order valence-corrected chi connectivity index (χ1v) is 10.2. The van der Waals surface area contributed by atoms with Crippen molar-refractivity contribution in [2.45, 2.75) is 6.42 Å². The number of piperazine rings is 1. The van der Waals surface area contributed by atoms with Gasteiger partial charge in [-0.15, -0.1) is 11.3 Å². The fourth-order valence-corrected chi connectivity index (χ4v) is 4.64. The van der Waals surface area contributed by atoms with Gasteiger partial charge in [0.25, 0.3) is 0 Å². The van der Waals surface area contributed by atoms with Gasteiger partial charge in [-0.05, 0) is 29.7 Å². The number of hydrogen-bond acceptors (Lipinski definition) is 5. The van der Waals surface area contributed by atoms with E-state index in [9.17, 15) is 4.79 Å². The van der Waals surface area contributed by atoms with Gasteiger partial charge in [0.1, 0.15) is 5.75 Å². The van der Waals surface area contributed by atoms with Crippen LogP contribution in [0.4, 0.5) is 5.69 Å². The summed E-state index contributed by atoms with van der Waals surface area (Å²) in [6.45, 7) is 4.68. The number of carbonyl (C=O) groups excluding carboxylic acids is 1. The number of hydrogen-bond donors (Lipinski definition) is 0. The van der Waals surface area contributed by atoms with Gasteiger partial charge in [0.05, 0.1) is 17.7 Å². The number of nitrogens with zero attached hydrogens (tertiary/aromatic N) is 2. The Morgan fingerprint density at radius 1 is 1.04 bits per heavy atom. The molecule has 4 nitrogen and oxygen atoms in total. The molecule has 0 atom stereocenters. The van der Waals surface area contributed by atoms with Crippen molar-refractivity contribution in [3.8, 4) is 5.75 Å². The standard InChI is InChI=1S/C22H24N2O2S/c1-26-20-8-4-3-7-18(20)24-14-12-23(13-15-24)11-10-19(25)22-16-17-6-2-5-9-21(17)27-22/h2-9,16H,10-15H2,1H3. The van der Waals surface area contributed by atoms with Crippen LogP contribution in [-0.4, -0.2) is 50.5 Å². The first-order valence-electron chi connectivity index (χ1n) is 9.37. The summed E-state index contributed by atoms with van der Waals surface area (Å²) in [6.07, 6.45) is 0.585. The van der Waals surface area contributed by atoms with E-state index in [0.717, 1.165) is 54.4 Å². The van der Waals surface area contributed by atoms with Crippen LogP contribution in [0.3, 0.4) is 0 Å². The molecule has 1 aliphatic heterocycles. The fraction of sp³-hybridized carbons (Fsp3) is 0.318. The maximum atomic E-state index is 12.6. The molecule has 0 radical (unpaired) electrons. The summed E-state index contributed by atoms with van der Waals surface area (Å²) in [5.41, 5.74) is 1.15. The average Bonchev–Trinajstić information content (AvgIpc) is 3.17. The van der Waals surface area contributed by atoms with Crippen LogP contribution in [0, 0.1) is 0 Å². The molecule has 0 aliphatic carbocycles. The van der Waals surface area contributed by atoms with E-state index >= 15 is 0 Å². The molecular formula is C22H24N2O2S. The minimum absolute atomic E-state index is 0.253. The zero-order chi connectivity index (χ0) is 18.6. The van der Waals surface area contributed by atoms with Crippen LogP contribution in [0.5, 0.6) is 5.75 Å². The average molecular weight is 381 g/mol. The second-order valence-electron chi connectivity index (χ2n) is 6.82. The molecule has 0 saturated carbocycles. The quantitative estimate of drug-likeness (QED) is 0.597. The van der Waals surface area contributed by atoms with Crippen LogP contribution in [0.2, 0.25) is 0 Å². The maximum absolute atomic E-state index is 12.6. The molecule has 1 fully saturated rings. The lowest BCUT2D eigenvalue weighted by Crippen LogP contribution is -2.47. The van der Waals surface area contributed by atoms with Gasteiger partial charge in [0, 0.05) is 43.8 Å². The first kappa shape index (κ1) is 18.0. The molecule has 1 aromatic heterocycles. The third-order valence-corrected chi connectivity index (χ3v) is 6.31. The van der Waals surface area contributed by atoms with Gasteiger partial charge in [-0.25, -0.2) is 0 Å². The van der Waals surface area contributed by atoms with Gasteiger partial charge in [0.2, 0.25) is 0 Å². The van der Waals surface area contributed by atoms with E-state index < -0.39 is 0 Å². The molecule has 1 aliphatic rings. The molecule has 2 aromatic carbocycles. The molecule has 140 valence electrons. The number of ether oxygens (including phenoxy) is 1. The lowest BCUT2D eigenvalue weighted by molar-refractivity contribution is 0.0966. The number of fused-ring (bicyclic) bond motifs is 1. The molecule has 0 bridgehead atoms. The number of para-hydroxylation sites is 2. The summed E-state index contributed by atoms with van der Waals surface area (Å²) in [4.78, 5) is 18.2. The van der Waals surface area contributed by atoms with Gasteiger partial charge < -0.3 is 9.64 Å². The first-order chi connectivity index (χ1) is 13.2. The highest BCUT2D eigenvalue weighted by Crippen LogP contribution is 2.29. The SMILES string of the molecule is COc1ccccc1N1CCN(CCC(=O)c2cc3ccccc3s2)CC1. The van der Waals surface area contributed by atoms with Crippen molar-refractivity contribution in [2.75, 3.05) is 44.7 Å². The zero-order valence-electron chi connectivity index (χ0n) is 15.6. The summed E-state index contributed by atoms with van der Waals surface area (Å²) in [6, 6.07) is 18.4. The van der Waals surface area contributed by atoms with Gasteiger partial charge in [-0.1, -0.05) is 30.3 Å². The van der Waals surface area contributed by atoms with E-state index in [1.165, 1.54) is 4.70 Å². The topological polar surface area (TPSA) is 32.8 Å². The molecule has 0 N–H and O–H groups in total. The Morgan fingerprint density at radius 3 is 2.56 bits per heavy atom. The number of methoxy groups -OCH3 is 1. The zero-order valence-corrected chi connectivity index (χ0v) is 16.4. The van der Waals surface area contributed by atoms with E-state index in [0.29, 0.717) is 6.42 Å². The van der Waals surface area contributed by atoms with Gasteiger partial charge in [-0.2, -0.15) is 0 Å². The highest BCUT2D eigenvalue weighted by molar-refractivity contribution is 7.20. The Morgan fingerprint density at radius 2 is 1.78 bits per heavy atom. The Balaban J connectivity index is 1.31. The second-order valence-corrected chi connectivity index (χ2v) is 7.91. The third-order valence-electron chi connectivity index (χ3n) is 5.15. The summed E-state index contributed by atoms with van der Waals surface area (Å²) in [5.74, 6) is 1.18. The molecule has 2 heterocycles. The van der Waals surface area contributed by atoms with Crippen molar-refractivity contribution in [2.24, 2.45) is 0 Å². The molecule has 4 rings (SSSR count). The number of rotatable bonds is 6. The second kappa shape index (κ2) is 8.11. The number of thiophene rings is 1. The van der Waals surface area contributed by atoms with E-state index in [1.54, 1.807) is 18.4 Å². The summed E-state index contributed by atoms with van der Waals surface area (Å²) in [5, 5.41) is 1.16. The highest BCUT2D eigenvalue weighted by atomic mass is 32.1. The van der Waals surface area contributed by atoms with E-state index in [4.69, 9.17) is 4.74 Å². The number of benzene rings is 2. The van der Waals surface area contributed by atoms with Crippen molar-refractivity contribution in [1.82, 2.24) is 4.90 Å². The van der Waals surface area contributed by atoms with E-state index in [2.05, 4.69) is 28.0 Å². The molecule has 5 heteroatoms. The molecular weight excluding hydrogens is 356 g/mol. The summed E-state index contributed by atoms with van der Waals surface area (Å²) in [7, 11) is 1.72. The minimum atomic E-state index is 0.253. The van der Waals surface area contributed by atoms with E-state index in [-0.39, 0.29) is 5.78 Å². The number of Topliss-reactive ketones (excluding diaryl/α,β-unsaturated/α-hetero) is 1. The predicted molar refractivity (Wildman–Crippen MR) is 112 cm³/mol. The third kappa shape index (κ3) is 3.99. The van der Waals surface area contributed by atoms with Crippen molar-refractivity contribution in [3.63, 3.8) is 0 Å². The predicted octanol–water partition coefficient (Wildman–Crippen LogP) is 4.30. The normalized spacial score (nSPS) is 15.2. The number of anilines is 1. The molecule has 0 spiro atoms. The molecule has 27 heavy (non-hydrogen) atoms. The van der Waals surface area contributed by atoms with Gasteiger partial charge >= 0.3 is 0 Å². The van der Waals surface area contributed by atoms with Crippen molar-refractivity contribution < 1.29 is 9.53 Å². The van der Waals surface area contributed by atoms with E-state index in [1.807, 2.05) is 36.4 Å². The lowest BCUT2D eigenvalue weighted by Gasteiger charge is -2.36. The van der Waals surface area contributed by atoms with Gasteiger partial charge in [-0.3, -0.25) is 9.69 Å². The molecule has 1 saturated heterocycles. The van der Waals surface area contributed by atoms with Crippen LogP contribution in [0.25, 0.3) is 10.1 Å². The smallest absolute Gasteiger partial charge is 0.174 e. The minimum Gasteiger partial charge on any atom is -0.495 e. The number of ketones is 1. The monoisotopic (exact) mass is 380 g/mol. The van der Waals surface area contributed by atoms with Crippen LogP contribution in [0.1, 0.15) is 16.1 Å². The van der Waals surface area contributed by atoms with Crippen LogP contribution < -0.4 is 9.64 Å². The largest absolute Gasteiger partial charge is 0.495 e. The highest BCUT2D eigenvalue weighted by Gasteiger charge is 2.20. The van der Waals surface area contributed by atoms with Crippen LogP contribution >= 0.6 is 11.3 Å². The maximum Gasteiger partial charge on any atom is 0.174 e. The Hall–Kier alpha value is -2.37. The fourth-order valence-electron chi connectivity index (χ4n) is 3.61. The van der Waals surface area contributed by atoms with Crippen LogP contribution in [0.15, 0.2) is 54.6 Å². The summed E-state index contributed by atoms with van der Waals surface area (Å²) < 4.78 is 6.67.